The van der Waals surface area contributed by atoms with Crippen LogP contribution in [0.4, 0.5) is 20.6 Å². The van der Waals surface area contributed by atoms with E-state index in [9.17, 15) is 28.9 Å². The number of methoxy groups -OCH3 is 1. The zero-order valence-electron chi connectivity index (χ0n) is 59.2. The molecule has 0 heterocycles. The first-order valence-electron chi connectivity index (χ1n) is 36.5. The Bertz CT molecular complexity index is 3660. The van der Waals surface area contributed by atoms with Crippen LogP contribution in [-0.4, -0.2) is 74.8 Å². The highest BCUT2D eigenvalue weighted by Crippen LogP contribution is 2.67. The second-order valence-corrected chi connectivity index (χ2v) is 29.3. The van der Waals surface area contributed by atoms with Crippen molar-refractivity contribution < 1.29 is 47.3 Å². The number of nitroso groups, excluding NO2 is 1. The molecule has 4 aliphatic rings. The van der Waals surface area contributed by atoms with Gasteiger partial charge in [0.25, 0.3) is 0 Å². The first-order chi connectivity index (χ1) is 48.4. The Morgan fingerprint density at radius 1 is 0.650 bits per heavy atom. The van der Waals surface area contributed by atoms with Crippen LogP contribution in [0.15, 0.2) is 175 Å². The molecule has 6 aromatic rings. The van der Waals surface area contributed by atoms with E-state index in [0.29, 0.717) is 61.4 Å². The maximum atomic E-state index is 15.5. The molecule has 4 amide bonds. The second kappa shape index (κ2) is 35.2. The van der Waals surface area contributed by atoms with Gasteiger partial charge in [0.2, 0.25) is 23.6 Å². The topological polar surface area (TPSA) is 212 Å². The quantitative estimate of drug-likeness (QED) is 0.00640. The fraction of sp³-hybridized carbons (Fsp3) is 0.482. The predicted molar refractivity (Wildman–Crippen MR) is 389 cm³/mol. The van der Waals surface area contributed by atoms with Crippen LogP contribution in [0.1, 0.15) is 172 Å². The third-order valence-corrected chi connectivity index (χ3v) is 22.5. The van der Waals surface area contributed by atoms with Crippen LogP contribution in [0.25, 0.3) is 0 Å². The van der Waals surface area contributed by atoms with Gasteiger partial charge in [0, 0.05) is 38.1 Å². The summed E-state index contributed by atoms with van der Waals surface area (Å²) in [5.74, 6) is 2.89. The Morgan fingerprint density at radius 3 is 2.02 bits per heavy atom. The summed E-state index contributed by atoms with van der Waals surface area (Å²) in [7, 11) is 1.63. The van der Waals surface area contributed by atoms with E-state index in [1.807, 2.05) is 60.7 Å². The lowest BCUT2D eigenvalue weighted by Crippen LogP contribution is -2.53. The number of nitrogens with zero attached hydrogens (tertiary/aromatic N) is 1. The number of hydrogen-bond acceptors (Lipinski definition) is 12. The zero-order chi connectivity index (χ0) is 70.7. The summed E-state index contributed by atoms with van der Waals surface area (Å²) in [6.45, 7) is 13.7. The smallest absolute Gasteiger partial charge is 0.497 e. The number of carbonyl (C=O) groups excluding carboxylic acids is 5. The molecule has 3 saturated carbocycles. The van der Waals surface area contributed by atoms with Gasteiger partial charge >= 0.3 is 6.16 Å². The van der Waals surface area contributed by atoms with Crippen LogP contribution in [0, 0.1) is 57.1 Å². The SMILES string of the molecule is COc1ccc(C(NCCCC[C@H](NC(=O)[C@H](Cc2ccccc2F)NC(=O)CCC(=O)NCCCO[C@H]2CC[C@@]3(C)C(=CC[C@H]4[C@@H]5CC[C@H]([C@H](C)CCCC(C)C)[C@@]5(C)CC[C@@H]43)C2)C(=O)Nc2ccc(COC(=O)Oc3ccc(N=O)cc3)cc2)(c2ccccc2)c2ccccc2)cc1. The molecular weight excluding hydrogens is 1260 g/mol. The number of halogens is 1. The third-order valence-electron chi connectivity index (χ3n) is 22.5. The monoisotopic (exact) mass is 1360 g/mol. The van der Waals surface area contributed by atoms with E-state index >= 15 is 4.39 Å². The molecule has 0 spiro atoms. The number of ether oxygens (including phenoxy) is 4. The molecule has 532 valence electrons. The molecule has 0 unspecified atom stereocenters. The van der Waals surface area contributed by atoms with Gasteiger partial charge in [-0.3, -0.25) is 24.5 Å². The number of nitrogens with one attached hydrogen (secondary N) is 5. The standard InChI is InChI=1S/C83H103FN6O10/c1-56(2)19-17-20-57(3)70-42-43-71-69-41-32-63-54-68(46-48-81(63,4)72(69)47-49-82(70,71)5)98-52-18-50-85-76(91)44-45-77(92)88-75(53-59-21-13-14-26-73(59)84)79(94)89-74(78(93)87-64-33-28-58(29-34-64)55-99-80(95)100-67-39-35-65(90-96)36-40-67)27-15-16-51-86-83(60-22-9-7-10-23-60,61-24-11-8-12-25-61)62-30-37-66(97-6)38-31-62/h7-14,21-26,28-40,56-57,68-72,74-75,86H,15-20,27,41-55H2,1-6H3,(H,85,91)(H,87,93)(H,88,92)(H,89,94)/t57-,68+,69+,70-,71+,72+,74+,75+,81+,82-/m1/s1. The van der Waals surface area contributed by atoms with E-state index in [0.717, 1.165) is 71.5 Å². The lowest BCUT2D eigenvalue weighted by Gasteiger charge is -2.58. The van der Waals surface area contributed by atoms with E-state index < -0.39 is 47.3 Å². The van der Waals surface area contributed by atoms with Crippen molar-refractivity contribution in [3.63, 3.8) is 0 Å². The Hall–Kier alpha value is -8.54. The van der Waals surface area contributed by atoms with E-state index in [1.165, 1.54) is 93.8 Å². The molecule has 100 heavy (non-hydrogen) atoms. The van der Waals surface area contributed by atoms with Gasteiger partial charge in [0.1, 0.15) is 41.7 Å². The van der Waals surface area contributed by atoms with Crippen LogP contribution in [0.3, 0.4) is 0 Å². The highest BCUT2D eigenvalue weighted by molar-refractivity contribution is 5.98. The highest BCUT2D eigenvalue weighted by Gasteiger charge is 2.59. The van der Waals surface area contributed by atoms with Crippen molar-refractivity contribution in [3.8, 4) is 11.5 Å². The normalized spacial score (nSPS) is 21.7. The summed E-state index contributed by atoms with van der Waals surface area (Å²) in [6, 6.07) is 44.0. The van der Waals surface area contributed by atoms with Gasteiger partial charge in [-0.1, -0.05) is 169 Å². The molecule has 0 saturated heterocycles. The molecule has 6 aromatic carbocycles. The minimum atomic E-state index is -1.33. The molecule has 3 fully saturated rings. The molecule has 0 radical (unpaired) electrons. The molecule has 17 heteroatoms. The first-order valence-corrected chi connectivity index (χ1v) is 36.5. The summed E-state index contributed by atoms with van der Waals surface area (Å²) in [5, 5.41) is 18.3. The van der Waals surface area contributed by atoms with Gasteiger partial charge in [0.05, 0.1) is 18.8 Å². The fourth-order valence-electron chi connectivity index (χ4n) is 17.1. The molecule has 0 aliphatic heterocycles. The average molecular weight is 1360 g/mol. The number of carbonyl (C=O) groups is 5. The summed E-state index contributed by atoms with van der Waals surface area (Å²) in [4.78, 5) is 79.7. The fourth-order valence-corrected chi connectivity index (χ4v) is 17.1. The summed E-state index contributed by atoms with van der Waals surface area (Å²) in [5.41, 5.74) is 5.80. The average Bonchev–Trinajstić information content (AvgIpc) is 1.35. The van der Waals surface area contributed by atoms with Crippen LogP contribution in [0.5, 0.6) is 11.5 Å². The Morgan fingerprint density at radius 2 is 1.33 bits per heavy atom. The lowest BCUT2D eigenvalue weighted by molar-refractivity contribution is -0.131. The zero-order valence-corrected chi connectivity index (χ0v) is 59.2. The maximum Gasteiger partial charge on any atom is 0.514 e. The largest absolute Gasteiger partial charge is 0.514 e. The number of rotatable bonds is 34. The minimum Gasteiger partial charge on any atom is -0.497 e. The summed E-state index contributed by atoms with van der Waals surface area (Å²) < 4.78 is 38.0. The van der Waals surface area contributed by atoms with Crippen molar-refractivity contribution in [1.29, 1.82) is 0 Å². The van der Waals surface area contributed by atoms with E-state index in [-0.39, 0.29) is 66.7 Å². The van der Waals surface area contributed by atoms with Crippen molar-refractivity contribution in [2.75, 3.05) is 32.1 Å². The van der Waals surface area contributed by atoms with Crippen molar-refractivity contribution in [2.45, 2.75) is 181 Å². The van der Waals surface area contributed by atoms with Crippen LogP contribution >= 0.6 is 0 Å². The molecule has 10 atom stereocenters. The molecule has 10 rings (SSSR count). The highest BCUT2D eigenvalue weighted by atomic mass is 19.1. The number of allylic oxidation sites excluding steroid dienone is 1. The van der Waals surface area contributed by atoms with Gasteiger partial charge < -0.3 is 40.2 Å². The third kappa shape index (κ3) is 18.7. The Balaban J connectivity index is 0.742. The molecule has 16 nitrogen and oxygen atoms in total. The van der Waals surface area contributed by atoms with Gasteiger partial charge in [-0.15, -0.1) is 4.91 Å². The van der Waals surface area contributed by atoms with Crippen molar-refractivity contribution >= 4 is 41.2 Å². The Labute approximate surface area is 590 Å². The maximum absolute atomic E-state index is 15.5. The first kappa shape index (κ1) is 74.2. The number of amides is 4. The number of benzene rings is 6. The van der Waals surface area contributed by atoms with Gasteiger partial charge in [0.15, 0.2) is 0 Å². The van der Waals surface area contributed by atoms with Crippen LogP contribution in [-0.2, 0) is 47.2 Å². The summed E-state index contributed by atoms with van der Waals surface area (Å²) in [6.07, 6.45) is 16.8. The molecule has 0 bridgehead atoms. The minimum absolute atomic E-state index is 0.144. The van der Waals surface area contributed by atoms with Gasteiger partial charge in [-0.05, 0) is 218 Å². The van der Waals surface area contributed by atoms with Crippen molar-refractivity contribution in [1.82, 2.24) is 21.3 Å². The number of hydrogen-bond donors (Lipinski definition) is 5. The van der Waals surface area contributed by atoms with Gasteiger partial charge in [-0.2, -0.15) is 0 Å². The summed E-state index contributed by atoms with van der Waals surface area (Å²) >= 11 is 0. The Kier molecular flexibility index (Phi) is 26.1. The number of unbranched alkanes of at least 4 members (excludes halogenated alkanes) is 1. The van der Waals surface area contributed by atoms with Crippen molar-refractivity contribution in [3.05, 3.63) is 208 Å². The predicted octanol–water partition coefficient (Wildman–Crippen LogP) is 16.6. The molecule has 4 aliphatic carbocycles. The lowest BCUT2D eigenvalue weighted by atomic mass is 9.47. The molecular formula is C83H103FN6O10. The van der Waals surface area contributed by atoms with E-state index in [2.05, 4.69) is 96.7 Å². The van der Waals surface area contributed by atoms with Crippen LogP contribution in [0.2, 0.25) is 0 Å². The molecule has 0 aromatic heterocycles. The molecule has 5 N–H and O–H groups in total. The second-order valence-electron chi connectivity index (χ2n) is 29.3. The van der Waals surface area contributed by atoms with E-state index in [1.54, 1.807) is 43.0 Å². The number of anilines is 1. The van der Waals surface area contributed by atoms with Gasteiger partial charge in [-0.25, -0.2) is 9.18 Å². The van der Waals surface area contributed by atoms with Crippen molar-refractivity contribution in [2.24, 2.45) is 51.5 Å². The van der Waals surface area contributed by atoms with Crippen LogP contribution < -0.4 is 36.1 Å². The van der Waals surface area contributed by atoms with E-state index in [4.69, 9.17) is 18.9 Å². The number of fused-ring (bicyclic) bond motifs is 5.